The Hall–Kier alpha value is -0.280. The molecule has 0 radical (unpaired) electrons. The van der Waals surface area contributed by atoms with Gasteiger partial charge >= 0.3 is 0 Å². The molecule has 4 atom stereocenters. The van der Waals surface area contributed by atoms with Gasteiger partial charge in [0, 0.05) is 0 Å². The van der Waals surface area contributed by atoms with Crippen LogP contribution in [0.15, 0.2) is 0 Å². The van der Waals surface area contributed by atoms with Crippen molar-refractivity contribution in [1.82, 2.24) is 4.90 Å². The summed E-state index contributed by atoms with van der Waals surface area (Å²) in [7, 11) is 0. The smallest absolute Gasteiger partial charge is 0.260 e. The Kier molecular flexibility index (Phi) is 1.12. The van der Waals surface area contributed by atoms with E-state index < -0.39 is 23.0 Å². The van der Waals surface area contributed by atoms with Crippen LogP contribution in [0.25, 0.3) is 0 Å². The number of hydrogen-bond acceptors (Lipinski definition) is 7. The molecule has 5 rings (SSSR count). The summed E-state index contributed by atoms with van der Waals surface area (Å²) >= 11 is 0. The van der Waals surface area contributed by atoms with Crippen LogP contribution in [0.3, 0.4) is 0 Å². The Morgan fingerprint density at radius 1 is 1.00 bits per heavy atom. The zero-order valence-electron chi connectivity index (χ0n) is 8.47. The number of ether oxygens (including phenoxy) is 5. The van der Waals surface area contributed by atoms with Crippen molar-refractivity contribution < 1.29 is 28.8 Å². The summed E-state index contributed by atoms with van der Waals surface area (Å²) in [5.41, 5.74) is -0.767. The van der Waals surface area contributed by atoms with E-state index >= 15 is 0 Å². The lowest BCUT2D eigenvalue weighted by Gasteiger charge is -2.32. The van der Waals surface area contributed by atoms with Gasteiger partial charge in [-0.15, -0.1) is 0 Å². The number of rotatable bonds is 1. The molecule has 1 N–H and O–H groups in total. The van der Waals surface area contributed by atoms with Crippen LogP contribution in [0.5, 0.6) is 0 Å². The molecule has 0 amide bonds. The molecule has 0 bridgehead atoms. The third-order valence-electron chi connectivity index (χ3n) is 4.32. The van der Waals surface area contributed by atoms with Crippen LogP contribution in [0.2, 0.25) is 0 Å². The first kappa shape index (κ1) is 8.76. The number of fused-ring (bicyclic) bond motifs is 4. The highest BCUT2D eigenvalue weighted by molar-refractivity contribution is 5.28. The van der Waals surface area contributed by atoms with Crippen molar-refractivity contribution in [3.8, 4) is 0 Å². The molecular weight excluding hydrogens is 218 g/mol. The second kappa shape index (κ2) is 2.05. The summed E-state index contributed by atoms with van der Waals surface area (Å²) in [4.78, 5) is 1.90. The number of aliphatic hydroxyl groups is 1. The molecule has 5 aliphatic heterocycles. The van der Waals surface area contributed by atoms with E-state index in [-0.39, 0.29) is 6.61 Å². The van der Waals surface area contributed by atoms with Crippen LogP contribution in [0.1, 0.15) is 0 Å². The van der Waals surface area contributed by atoms with Crippen molar-refractivity contribution >= 4 is 0 Å². The van der Waals surface area contributed by atoms with Gasteiger partial charge in [-0.2, -0.15) is 0 Å². The molecule has 0 aromatic carbocycles. The molecule has 3 spiro atoms. The van der Waals surface area contributed by atoms with Crippen molar-refractivity contribution in [2.24, 2.45) is 0 Å². The minimum absolute atomic E-state index is 0.127. The van der Waals surface area contributed by atoms with E-state index in [9.17, 15) is 5.11 Å². The van der Waals surface area contributed by atoms with Crippen molar-refractivity contribution in [1.29, 1.82) is 0 Å². The fraction of sp³-hybridized carbons (Fsp3) is 1.00. The van der Waals surface area contributed by atoms with Crippen LogP contribution >= 0.6 is 0 Å². The van der Waals surface area contributed by atoms with E-state index in [1.165, 1.54) is 0 Å². The van der Waals surface area contributed by atoms with Crippen LogP contribution in [0.4, 0.5) is 0 Å². The van der Waals surface area contributed by atoms with Gasteiger partial charge in [0.2, 0.25) is 11.6 Å². The zero-order chi connectivity index (χ0) is 10.6. The third kappa shape index (κ3) is 0.622. The van der Waals surface area contributed by atoms with E-state index in [0.29, 0.717) is 26.6 Å². The maximum absolute atomic E-state index is 9.82. The summed E-state index contributed by atoms with van der Waals surface area (Å²) in [6, 6.07) is 0. The monoisotopic (exact) mass is 229 g/mol. The lowest BCUT2D eigenvalue weighted by molar-refractivity contribution is -0.170. The van der Waals surface area contributed by atoms with Crippen LogP contribution in [0, 0.1) is 0 Å². The lowest BCUT2D eigenvalue weighted by Crippen LogP contribution is -2.61. The first-order chi connectivity index (χ1) is 7.73. The average molecular weight is 229 g/mol. The molecule has 0 saturated carbocycles. The predicted octanol–water partition coefficient (Wildman–Crippen LogP) is -1.83. The van der Waals surface area contributed by atoms with E-state index in [2.05, 4.69) is 0 Å². The quantitative estimate of drug-likeness (QED) is 0.530. The summed E-state index contributed by atoms with van der Waals surface area (Å²) in [6.07, 6.45) is 0. The summed E-state index contributed by atoms with van der Waals surface area (Å²) < 4.78 is 27.8. The first-order valence-corrected chi connectivity index (χ1v) is 5.37. The molecule has 4 unspecified atom stereocenters. The molecule has 0 aromatic heterocycles. The maximum atomic E-state index is 9.82. The van der Waals surface area contributed by atoms with Gasteiger partial charge in [-0.25, -0.2) is 4.90 Å². The molecule has 7 heteroatoms. The maximum Gasteiger partial charge on any atom is 0.260 e. The normalized spacial score (nSPS) is 65.8. The van der Waals surface area contributed by atoms with Gasteiger partial charge in [-0.05, 0) is 0 Å². The van der Waals surface area contributed by atoms with Crippen LogP contribution in [-0.4, -0.2) is 66.2 Å². The molecule has 16 heavy (non-hydrogen) atoms. The Labute approximate surface area is 90.8 Å². The predicted molar refractivity (Wildman–Crippen MR) is 44.7 cm³/mol. The minimum atomic E-state index is -0.814. The summed E-state index contributed by atoms with van der Waals surface area (Å²) in [5.74, 6) is -2.34. The van der Waals surface area contributed by atoms with Gasteiger partial charge in [-0.1, -0.05) is 0 Å². The fourth-order valence-electron chi connectivity index (χ4n) is 3.24. The SMILES string of the molecule is OCC12N(COC13CO3)C1(CO1)OC21CO1. The molecular formula is C9H11NO6. The van der Waals surface area contributed by atoms with Crippen molar-refractivity contribution in [3.63, 3.8) is 0 Å². The van der Waals surface area contributed by atoms with Crippen LogP contribution in [-0.2, 0) is 23.7 Å². The zero-order valence-corrected chi connectivity index (χ0v) is 8.47. The Morgan fingerprint density at radius 2 is 1.69 bits per heavy atom. The van der Waals surface area contributed by atoms with Gasteiger partial charge in [0.05, 0.1) is 6.61 Å². The van der Waals surface area contributed by atoms with Gasteiger partial charge in [0.1, 0.15) is 26.6 Å². The third-order valence-corrected chi connectivity index (χ3v) is 4.32. The van der Waals surface area contributed by atoms with E-state index in [1.807, 2.05) is 4.90 Å². The summed E-state index contributed by atoms with van der Waals surface area (Å²) in [6.45, 7) is 1.61. The van der Waals surface area contributed by atoms with E-state index in [4.69, 9.17) is 23.7 Å². The van der Waals surface area contributed by atoms with Gasteiger partial charge in [-0.3, -0.25) is 4.74 Å². The van der Waals surface area contributed by atoms with Crippen molar-refractivity contribution in [2.45, 2.75) is 23.0 Å². The number of hydrogen-bond donors (Lipinski definition) is 1. The Morgan fingerprint density at radius 3 is 2.19 bits per heavy atom. The first-order valence-electron chi connectivity index (χ1n) is 5.37. The van der Waals surface area contributed by atoms with Gasteiger partial charge in [0.15, 0.2) is 5.54 Å². The van der Waals surface area contributed by atoms with Crippen molar-refractivity contribution in [3.05, 3.63) is 0 Å². The molecule has 5 heterocycles. The summed E-state index contributed by atoms with van der Waals surface area (Å²) in [5, 5.41) is 9.82. The van der Waals surface area contributed by atoms with Crippen LogP contribution < -0.4 is 0 Å². The number of nitrogens with zero attached hydrogens (tertiary/aromatic N) is 1. The highest BCUT2D eigenvalue weighted by Crippen LogP contribution is 2.68. The average Bonchev–Trinajstić information content (AvgIpc) is 3.10. The topological polar surface area (TPSA) is 79.5 Å². The highest BCUT2D eigenvalue weighted by Gasteiger charge is 2.92. The largest absolute Gasteiger partial charge is 0.394 e. The Balaban J connectivity index is 1.73. The fourth-order valence-corrected chi connectivity index (χ4v) is 3.24. The van der Waals surface area contributed by atoms with Gasteiger partial charge < -0.3 is 24.1 Å². The minimum Gasteiger partial charge on any atom is -0.394 e. The Bertz CT molecular complexity index is 387. The molecule has 88 valence electrons. The molecule has 5 saturated heterocycles. The second-order valence-corrected chi connectivity index (χ2v) is 4.91. The van der Waals surface area contributed by atoms with E-state index in [0.717, 1.165) is 0 Å². The second-order valence-electron chi connectivity index (χ2n) is 4.91. The van der Waals surface area contributed by atoms with Crippen molar-refractivity contribution in [2.75, 3.05) is 33.2 Å². The standard InChI is InChI=1S/C9H11NO6/c11-1-6-7(2-12-7)15-5-10(6)9(4-14-9)16-8(6)3-13-8/h11H,1-5H2. The number of epoxide rings is 3. The van der Waals surface area contributed by atoms with E-state index in [1.54, 1.807) is 0 Å². The van der Waals surface area contributed by atoms with Gasteiger partial charge in [0.25, 0.3) is 5.91 Å². The molecule has 5 aliphatic rings. The number of aliphatic hydroxyl groups excluding tert-OH is 1. The molecule has 0 aromatic rings. The lowest BCUT2D eigenvalue weighted by atomic mass is 9.87. The molecule has 5 fully saturated rings. The molecule has 0 aliphatic carbocycles. The highest BCUT2D eigenvalue weighted by atomic mass is 16.9. The molecule has 7 nitrogen and oxygen atoms in total.